The smallest absolute Gasteiger partial charge is 0.180 e. The maximum atomic E-state index is 6.60. The fourth-order valence-corrected chi connectivity index (χ4v) is 9.62. The van der Waals surface area contributed by atoms with Crippen LogP contribution in [0.5, 0.6) is 0 Å². The minimum absolute atomic E-state index is 0.611. The highest BCUT2D eigenvalue weighted by molar-refractivity contribution is 7.26. The number of fused-ring (bicyclic) bond motifs is 9. The van der Waals surface area contributed by atoms with Crippen molar-refractivity contribution in [1.82, 2.24) is 9.97 Å². The Morgan fingerprint density at radius 1 is 0.448 bits per heavy atom. The largest absolute Gasteiger partial charge is 0.456 e. The van der Waals surface area contributed by atoms with Gasteiger partial charge < -0.3 is 13.7 Å². The summed E-state index contributed by atoms with van der Waals surface area (Å²) < 4.78 is 15.6. The van der Waals surface area contributed by atoms with E-state index in [4.69, 9.17) is 18.8 Å². The average Bonchev–Trinajstić information content (AvgIpc) is 3.99. The van der Waals surface area contributed by atoms with E-state index in [2.05, 4.69) is 144 Å². The lowest BCUT2D eigenvalue weighted by Crippen LogP contribution is -2.09. The van der Waals surface area contributed by atoms with Gasteiger partial charge in [0, 0.05) is 54.1 Å². The van der Waals surface area contributed by atoms with Crippen molar-refractivity contribution in [2.45, 2.75) is 0 Å². The molecule has 0 unspecified atom stereocenters. The van der Waals surface area contributed by atoms with E-state index in [1.54, 1.807) is 0 Å². The van der Waals surface area contributed by atoms with Crippen LogP contribution in [-0.4, -0.2) is 9.97 Å². The lowest BCUT2D eigenvalue weighted by Gasteiger charge is -2.26. The van der Waals surface area contributed by atoms with E-state index in [9.17, 15) is 0 Å². The average molecular weight is 762 g/mol. The predicted octanol–water partition coefficient (Wildman–Crippen LogP) is 15.1. The fraction of sp³-hybridized carbons (Fsp3) is 0. The molecule has 0 N–H and O–H groups in total. The van der Waals surface area contributed by atoms with E-state index in [1.807, 2.05) is 59.9 Å². The number of benzene rings is 8. The number of rotatable bonds is 6. The third-order valence-electron chi connectivity index (χ3n) is 11.1. The van der Waals surface area contributed by atoms with Crippen LogP contribution in [0.3, 0.4) is 0 Å². The Labute approximate surface area is 336 Å². The number of thiophene rings is 1. The highest BCUT2D eigenvalue weighted by Gasteiger charge is 2.23. The van der Waals surface area contributed by atoms with Crippen LogP contribution in [0.2, 0.25) is 0 Å². The van der Waals surface area contributed by atoms with E-state index in [0.29, 0.717) is 11.4 Å². The van der Waals surface area contributed by atoms with Gasteiger partial charge in [0.15, 0.2) is 11.4 Å². The SMILES string of the molecule is c1ccc(-c2nc(-c3cc(-c4ccc(N(c5ccccc5)c5cccc6c5sc5ccccc56)cc4)cc4oc5ccccc5c34)nc3c2oc2ccccc23)cc1. The van der Waals surface area contributed by atoms with Crippen molar-refractivity contribution in [3.8, 4) is 33.8 Å². The van der Waals surface area contributed by atoms with Gasteiger partial charge in [-0.3, -0.25) is 0 Å². The van der Waals surface area contributed by atoms with Gasteiger partial charge in [0.2, 0.25) is 0 Å². The van der Waals surface area contributed by atoms with E-state index in [1.165, 1.54) is 20.2 Å². The fourth-order valence-electron chi connectivity index (χ4n) is 8.42. The summed E-state index contributed by atoms with van der Waals surface area (Å²) in [6, 6.07) is 65.5. The molecule has 4 aromatic heterocycles. The van der Waals surface area contributed by atoms with Crippen molar-refractivity contribution in [1.29, 1.82) is 0 Å². The van der Waals surface area contributed by atoms with Crippen molar-refractivity contribution in [2.24, 2.45) is 0 Å². The zero-order valence-electron chi connectivity index (χ0n) is 31.0. The second kappa shape index (κ2) is 13.0. The van der Waals surface area contributed by atoms with Gasteiger partial charge in [0.05, 0.1) is 10.4 Å². The van der Waals surface area contributed by atoms with Crippen LogP contribution < -0.4 is 4.90 Å². The minimum atomic E-state index is 0.611. The number of hydrogen-bond donors (Lipinski definition) is 0. The highest BCUT2D eigenvalue weighted by Crippen LogP contribution is 2.46. The van der Waals surface area contributed by atoms with E-state index in [0.717, 1.165) is 83.4 Å². The molecule has 0 spiro atoms. The Morgan fingerprint density at radius 2 is 1.10 bits per heavy atom. The van der Waals surface area contributed by atoms with Crippen LogP contribution in [0.25, 0.3) is 98.0 Å². The first-order valence-corrected chi connectivity index (χ1v) is 20.1. The molecule has 0 saturated carbocycles. The number of furan rings is 2. The van der Waals surface area contributed by atoms with Crippen molar-refractivity contribution in [2.75, 3.05) is 4.90 Å². The molecule has 0 saturated heterocycles. The molecule has 58 heavy (non-hydrogen) atoms. The summed E-state index contributed by atoms with van der Waals surface area (Å²) in [5, 5.41) is 5.50. The maximum Gasteiger partial charge on any atom is 0.180 e. The number of anilines is 3. The summed E-state index contributed by atoms with van der Waals surface area (Å²) >= 11 is 1.84. The molecule has 5 nitrogen and oxygen atoms in total. The molecule has 0 aliphatic rings. The normalized spacial score (nSPS) is 11.8. The highest BCUT2D eigenvalue weighted by atomic mass is 32.1. The third kappa shape index (κ3) is 5.16. The molecular weight excluding hydrogens is 731 g/mol. The summed E-state index contributed by atoms with van der Waals surface area (Å²) in [6.45, 7) is 0. The monoisotopic (exact) mass is 761 g/mol. The summed E-state index contributed by atoms with van der Waals surface area (Å²) in [4.78, 5) is 12.9. The Kier molecular flexibility index (Phi) is 7.33. The summed E-state index contributed by atoms with van der Waals surface area (Å²) in [5.41, 5.74) is 11.8. The van der Waals surface area contributed by atoms with Crippen LogP contribution in [0.4, 0.5) is 17.1 Å². The molecule has 8 aromatic carbocycles. The van der Waals surface area contributed by atoms with Gasteiger partial charge >= 0.3 is 0 Å². The predicted molar refractivity (Wildman–Crippen MR) is 240 cm³/mol. The third-order valence-corrected chi connectivity index (χ3v) is 12.3. The first kappa shape index (κ1) is 32.7. The van der Waals surface area contributed by atoms with Crippen molar-refractivity contribution < 1.29 is 8.83 Å². The molecule has 4 heterocycles. The first-order chi connectivity index (χ1) is 28.7. The maximum absolute atomic E-state index is 6.60. The molecule has 12 rings (SSSR count). The van der Waals surface area contributed by atoms with Gasteiger partial charge in [-0.1, -0.05) is 121 Å². The van der Waals surface area contributed by atoms with Crippen LogP contribution in [0.1, 0.15) is 0 Å². The van der Waals surface area contributed by atoms with Crippen LogP contribution in [0.15, 0.2) is 197 Å². The number of hydrogen-bond acceptors (Lipinski definition) is 6. The summed E-state index contributed by atoms with van der Waals surface area (Å²) in [5.74, 6) is 0.611. The Bertz CT molecular complexity index is 3510. The Hall–Kier alpha value is -7.54. The molecule has 0 aliphatic carbocycles. The van der Waals surface area contributed by atoms with Crippen LogP contribution in [0, 0.1) is 0 Å². The lowest BCUT2D eigenvalue weighted by molar-refractivity contribution is 0.667. The molecular formula is C52H31N3O2S. The summed E-state index contributed by atoms with van der Waals surface area (Å²) in [7, 11) is 0. The molecule has 0 amide bonds. The topological polar surface area (TPSA) is 55.3 Å². The molecule has 0 bridgehead atoms. The van der Waals surface area contributed by atoms with E-state index < -0.39 is 0 Å². The molecule has 272 valence electrons. The van der Waals surface area contributed by atoms with Gasteiger partial charge in [-0.2, -0.15) is 0 Å². The first-order valence-electron chi connectivity index (χ1n) is 19.3. The second-order valence-corrected chi connectivity index (χ2v) is 15.6. The van der Waals surface area contributed by atoms with Gasteiger partial charge in [0.1, 0.15) is 28.0 Å². The van der Waals surface area contributed by atoms with Gasteiger partial charge in [-0.15, -0.1) is 11.3 Å². The van der Waals surface area contributed by atoms with Gasteiger partial charge in [0.25, 0.3) is 0 Å². The van der Waals surface area contributed by atoms with Crippen LogP contribution in [-0.2, 0) is 0 Å². The quantitative estimate of drug-likeness (QED) is 0.169. The van der Waals surface area contributed by atoms with Crippen molar-refractivity contribution >= 4 is 92.6 Å². The van der Waals surface area contributed by atoms with Crippen molar-refractivity contribution in [3.05, 3.63) is 188 Å². The zero-order valence-corrected chi connectivity index (χ0v) is 31.8. The Balaban J connectivity index is 1.05. The molecule has 6 heteroatoms. The number of para-hydroxylation sites is 3. The molecule has 12 aromatic rings. The van der Waals surface area contributed by atoms with E-state index in [-0.39, 0.29) is 0 Å². The summed E-state index contributed by atoms with van der Waals surface area (Å²) in [6.07, 6.45) is 0. The number of aromatic nitrogens is 2. The Morgan fingerprint density at radius 3 is 1.91 bits per heavy atom. The second-order valence-electron chi connectivity index (χ2n) is 14.5. The number of nitrogens with zero attached hydrogens (tertiary/aromatic N) is 3. The lowest BCUT2D eigenvalue weighted by atomic mass is 9.97. The molecule has 0 aliphatic heterocycles. The van der Waals surface area contributed by atoms with E-state index >= 15 is 0 Å². The van der Waals surface area contributed by atoms with Gasteiger partial charge in [-0.05, 0) is 77.9 Å². The van der Waals surface area contributed by atoms with Gasteiger partial charge in [-0.25, -0.2) is 9.97 Å². The minimum Gasteiger partial charge on any atom is -0.456 e. The molecule has 0 radical (unpaired) electrons. The zero-order chi connectivity index (χ0) is 38.2. The van der Waals surface area contributed by atoms with Crippen LogP contribution >= 0.6 is 11.3 Å². The molecule has 0 fully saturated rings. The van der Waals surface area contributed by atoms with Crippen molar-refractivity contribution in [3.63, 3.8) is 0 Å². The molecule has 0 atom stereocenters. The standard InChI is InChI=1S/C52H31N3O2S/c1-3-14-33(15-4-1)48-50-49(40-20-8-11-24-44(40)57-50)54-52(53-48)41-30-34(31-45-47(41)39-19-7-10-23-43(39)56-45)32-26-28-36(29-27-32)55(35-16-5-2-6-17-35)42-22-13-21-38-37-18-9-12-25-46(37)58-51(38)42/h1-31H.